The van der Waals surface area contributed by atoms with Crippen molar-refractivity contribution in [3.8, 4) is 11.3 Å². The lowest BCUT2D eigenvalue weighted by Gasteiger charge is -2.37. The Hall–Kier alpha value is -3.29. The van der Waals surface area contributed by atoms with E-state index in [4.69, 9.17) is 0 Å². The number of anilines is 1. The number of nitrogens with one attached hydrogen (secondary N) is 1. The smallest absolute Gasteiger partial charge is 0.321 e. The summed E-state index contributed by atoms with van der Waals surface area (Å²) in [5.74, 6) is -0.427. The molecule has 0 saturated carbocycles. The monoisotopic (exact) mass is 427 g/mol. The first-order valence-electron chi connectivity index (χ1n) is 10.3. The van der Waals surface area contributed by atoms with Crippen molar-refractivity contribution in [2.75, 3.05) is 25.5 Å². The molecule has 3 rings (SSSR count). The first kappa shape index (κ1) is 22.4. The molecule has 6 nitrogen and oxygen atoms in total. The van der Waals surface area contributed by atoms with Crippen LogP contribution in [0.4, 0.5) is 19.3 Å². The number of carbonyl (C=O) groups is 1. The minimum absolute atomic E-state index is 0.117. The van der Waals surface area contributed by atoms with Gasteiger partial charge in [-0.25, -0.2) is 18.6 Å². The van der Waals surface area contributed by atoms with Crippen LogP contribution in [-0.4, -0.2) is 53.7 Å². The lowest BCUT2D eigenvalue weighted by molar-refractivity contribution is 0.158. The van der Waals surface area contributed by atoms with Crippen LogP contribution in [0.1, 0.15) is 26.2 Å². The normalized spacial score (nSPS) is 15.0. The summed E-state index contributed by atoms with van der Waals surface area (Å²) in [4.78, 5) is 24.9. The fourth-order valence-corrected chi connectivity index (χ4v) is 3.68. The number of hydrogen-bond acceptors (Lipinski definition) is 4. The average Bonchev–Trinajstić information content (AvgIpc) is 2.77. The number of rotatable bonds is 6. The summed E-state index contributed by atoms with van der Waals surface area (Å²) < 4.78 is 26.8. The van der Waals surface area contributed by atoms with Crippen LogP contribution < -0.4 is 5.32 Å². The quantitative estimate of drug-likeness (QED) is 0.667. The number of likely N-dealkylation sites (tertiary alicyclic amines) is 1. The molecule has 31 heavy (non-hydrogen) atoms. The summed E-state index contributed by atoms with van der Waals surface area (Å²) >= 11 is 0. The van der Waals surface area contributed by atoms with Gasteiger partial charge >= 0.3 is 6.03 Å². The summed E-state index contributed by atoms with van der Waals surface area (Å²) in [5.41, 5.74) is 1.27. The Bertz CT molecular complexity index is 933. The Labute approximate surface area is 181 Å². The van der Waals surface area contributed by atoms with Gasteiger partial charge in [0.25, 0.3) is 0 Å². The average molecular weight is 427 g/mol. The second-order valence-electron chi connectivity index (χ2n) is 7.48. The minimum Gasteiger partial charge on any atom is -0.357 e. The van der Waals surface area contributed by atoms with Crippen LogP contribution in [0, 0.1) is 11.6 Å². The molecule has 164 valence electrons. The molecule has 1 aliphatic rings. The van der Waals surface area contributed by atoms with Gasteiger partial charge in [-0.3, -0.25) is 4.98 Å². The number of pyridine rings is 1. The van der Waals surface area contributed by atoms with Crippen LogP contribution in [0.5, 0.6) is 0 Å². The zero-order chi connectivity index (χ0) is 22.4. The third kappa shape index (κ3) is 5.65. The SMILES string of the molecule is C=N/C(=C\CC)N1CCC(N(C)C(=O)Nc2ccc(-c3cc(F)cc(F)c3)nc2)CC1. The number of piperidine rings is 1. The van der Waals surface area contributed by atoms with Crippen molar-refractivity contribution >= 4 is 18.4 Å². The van der Waals surface area contributed by atoms with E-state index in [2.05, 4.69) is 39.9 Å². The first-order chi connectivity index (χ1) is 14.9. The molecule has 1 fully saturated rings. The van der Waals surface area contributed by atoms with Crippen LogP contribution in [0.25, 0.3) is 11.3 Å². The summed E-state index contributed by atoms with van der Waals surface area (Å²) in [6, 6.07) is 6.42. The number of aromatic nitrogens is 1. The molecule has 0 radical (unpaired) electrons. The van der Waals surface area contributed by atoms with Crippen molar-refractivity contribution < 1.29 is 13.6 Å². The molecule has 1 saturated heterocycles. The van der Waals surface area contributed by atoms with Gasteiger partial charge in [0.15, 0.2) is 0 Å². The number of hydrogen-bond donors (Lipinski definition) is 1. The van der Waals surface area contributed by atoms with E-state index in [9.17, 15) is 13.6 Å². The van der Waals surface area contributed by atoms with Crippen LogP contribution in [0.2, 0.25) is 0 Å². The van der Waals surface area contributed by atoms with E-state index in [1.165, 1.54) is 18.3 Å². The van der Waals surface area contributed by atoms with Gasteiger partial charge in [0.1, 0.15) is 17.5 Å². The molecule has 0 atom stereocenters. The zero-order valence-corrected chi connectivity index (χ0v) is 17.8. The molecule has 1 aromatic heterocycles. The van der Waals surface area contributed by atoms with Crippen LogP contribution in [0.3, 0.4) is 0 Å². The van der Waals surface area contributed by atoms with E-state index in [-0.39, 0.29) is 12.1 Å². The highest BCUT2D eigenvalue weighted by Gasteiger charge is 2.26. The third-order valence-corrected chi connectivity index (χ3v) is 5.38. The Kier molecular flexibility index (Phi) is 7.33. The number of aliphatic imine (C=N–C) groups is 1. The molecular formula is C23H27F2N5O. The predicted octanol–water partition coefficient (Wildman–Crippen LogP) is 4.91. The molecule has 1 aromatic carbocycles. The number of halogens is 2. The van der Waals surface area contributed by atoms with Gasteiger partial charge in [-0.05, 0) is 56.3 Å². The molecule has 2 heterocycles. The van der Waals surface area contributed by atoms with Crippen molar-refractivity contribution in [2.24, 2.45) is 4.99 Å². The minimum atomic E-state index is -0.664. The molecule has 0 spiro atoms. The molecule has 0 bridgehead atoms. The second kappa shape index (κ2) is 10.1. The number of carbonyl (C=O) groups excluding carboxylic acids is 1. The summed E-state index contributed by atoms with van der Waals surface area (Å²) in [6.45, 7) is 7.33. The molecule has 1 aliphatic heterocycles. The van der Waals surface area contributed by atoms with Gasteiger partial charge in [-0.1, -0.05) is 6.92 Å². The van der Waals surface area contributed by atoms with E-state index in [0.717, 1.165) is 44.2 Å². The number of nitrogens with zero attached hydrogens (tertiary/aromatic N) is 4. The number of benzene rings is 1. The van der Waals surface area contributed by atoms with Gasteiger partial charge < -0.3 is 15.1 Å². The molecule has 2 amide bonds. The van der Waals surface area contributed by atoms with Crippen molar-refractivity contribution in [1.82, 2.24) is 14.8 Å². The van der Waals surface area contributed by atoms with E-state index >= 15 is 0 Å². The molecule has 0 aliphatic carbocycles. The number of allylic oxidation sites excluding steroid dienone is 1. The molecule has 0 unspecified atom stereocenters. The van der Waals surface area contributed by atoms with Crippen LogP contribution in [-0.2, 0) is 0 Å². The Morgan fingerprint density at radius 1 is 1.29 bits per heavy atom. The highest BCUT2D eigenvalue weighted by molar-refractivity contribution is 5.89. The van der Waals surface area contributed by atoms with Gasteiger partial charge in [-0.15, -0.1) is 0 Å². The molecule has 2 aromatic rings. The van der Waals surface area contributed by atoms with E-state index in [1.54, 1.807) is 24.1 Å². The van der Waals surface area contributed by atoms with Crippen molar-refractivity contribution in [3.63, 3.8) is 0 Å². The topological polar surface area (TPSA) is 60.8 Å². The van der Waals surface area contributed by atoms with E-state index < -0.39 is 11.6 Å². The molecule has 8 heteroatoms. The highest BCUT2D eigenvalue weighted by Crippen LogP contribution is 2.23. The Morgan fingerprint density at radius 3 is 2.52 bits per heavy atom. The van der Waals surface area contributed by atoms with Gasteiger partial charge in [-0.2, -0.15) is 0 Å². The third-order valence-electron chi connectivity index (χ3n) is 5.38. The second-order valence-corrected chi connectivity index (χ2v) is 7.48. The number of urea groups is 1. The maximum Gasteiger partial charge on any atom is 0.321 e. The van der Waals surface area contributed by atoms with Gasteiger partial charge in [0.2, 0.25) is 0 Å². The fraction of sp³-hybridized carbons (Fsp3) is 0.348. The van der Waals surface area contributed by atoms with Crippen LogP contribution >= 0.6 is 0 Å². The van der Waals surface area contributed by atoms with E-state index in [0.29, 0.717) is 16.9 Å². The maximum absolute atomic E-state index is 13.4. The Balaban J connectivity index is 1.57. The Morgan fingerprint density at radius 2 is 1.97 bits per heavy atom. The molecule has 1 N–H and O–H groups in total. The maximum atomic E-state index is 13.4. The fourth-order valence-electron chi connectivity index (χ4n) is 3.68. The standard InChI is InChI=1S/C23H27F2N5O/c1-4-5-22(26-2)30-10-8-20(9-11-30)29(3)23(31)28-19-6-7-21(27-15-19)16-12-17(24)14-18(25)13-16/h5-7,12-15,20H,2,4,8-11H2,1,3H3,(H,28,31)/b22-5+. The van der Waals surface area contributed by atoms with Gasteiger partial charge in [0, 0.05) is 37.8 Å². The van der Waals surface area contributed by atoms with Crippen LogP contribution in [0.15, 0.2) is 53.4 Å². The van der Waals surface area contributed by atoms with Crippen molar-refractivity contribution in [3.05, 3.63) is 60.1 Å². The highest BCUT2D eigenvalue weighted by atomic mass is 19.1. The lowest BCUT2D eigenvalue weighted by atomic mass is 10.0. The summed E-state index contributed by atoms with van der Waals surface area (Å²) in [5, 5.41) is 2.83. The molecular weight excluding hydrogens is 400 g/mol. The first-order valence-corrected chi connectivity index (χ1v) is 10.3. The summed E-state index contributed by atoms with van der Waals surface area (Å²) in [6.07, 6.45) is 6.10. The van der Waals surface area contributed by atoms with Crippen molar-refractivity contribution in [1.29, 1.82) is 0 Å². The lowest BCUT2D eigenvalue weighted by Crippen LogP contribution is -2.46. The number of amides is 2. The van der Waals surface area contributed by atoms with Gasteiger partial charge in [0.05, 0.1) is 17.6 Å². The largest absolute Gasteiger partial charge is 0.357 e. The van der Waals surface area contributed by atoms with Crippen molar-refractivity contribution in [2.45, 2.75) is 32.2 Å². The predicted molar refractivity (Wildman–Crippen MR) is 119 cm³/mol. The zero-order valence-electron chi connectivity index (χ0n) is 17.8. The summed E-state index contributed by atoms with van der Waals surface area (Å²) in [7, 11) is 1.78. The van der Waals surface area contributed by atoms with E-state index in [1.807, 2.05) is 0 Å².